The van der Waals surface area contributed by atoms with Crippen molar-refractivity contribution in [2.45, 2.75) is 117 Å². The van der Waals surface area contributed by atoms with Crippen LogP contribution in [-0.4, -0.2) is 0 Å². The van der Waals surface area contributed by atoms with Crippen LogP contribution in [0.1, 0.15) is 117 Å². The van der Waals surface area contributed by atoms with E-state index in [-0.39, 0.29) is 0 Å². The summed E-state index contributed by atoms with van der Waals surface area (Å²) >= 11 is 0. The van der Waals surface area contributed by atoms with Crippen LogP contribution in [0.4, 0.5) is 0 Å². The predicted molar refractivity (Wildman–Crippen MR) is 99.2 cm³/mol. The van der Waals surface area contributed by atoms with Gasteiger partial charge in [-0.3, -0.25) is 0 Å². The Bertz CT molecular complexity index is 282. The third-order valence-electron chi connectivity index (χ3n) is 7.24. The van der Waals surface area contributed by atoms with Gasteiger partial charge in [-0.1, -0.05) is 91.4 Å². The van der Waals surface area contributed by atoms with Gasteiger partial charge in [0.15, 0.2) is 0 Å². The highest BCUT2D eigenvalue weighted by Gasteiger charge is 2.41. The smallest absolute Gasteiger partial charge is 0.0269 e. The van der Waals surface area contributed by atoms with Crippen molar-refractivity contribution >= 4 is 0 Å². The van der Waals surface area contributed by atoms with Crippen LogP contribution in [0, 0.1) is 23.2 Å². The summed E-state index contributed by atoms with van der Waals surface area (Å²) in [5, 5.41) is 0. The summed E-state index contributed by atoms with van der Waals surface area (Å²) in [4.78, 5) is 0. The van der Waals surface area contributed by atoms with Gasteiger partial charge in [0.1, 0.15) is 0 Å². The SMILES string of the molecule is CCCC(CC1CCCCC1)C(C)(CCC)C1CCCCC1. The molecule has 0 radical (unpaired) electrons. The first-order valence-corrected chi connectivity index (χ1v) is 10.7. The highest BCUT2D eigenvalue weighted by Crippen LogP contribution is 2.51. The van der Waals surface area contributed by atoms with Crippen LogP contribution >= 0.6 is 0 Å². The molecule has 130 valence electrons. The Morgan fingerprint density at radius 2 is 1.41 bits per heavy atom. The van der Waals surface area contributed by atoms with Gasteiger partial charge in [0, 0.05) is 0 Å². The number of hydrogen-bond acceptors (Lipinski definition) is 0. The van der Waals surface area contributed by atoms with Gasteiger partial charge in [-0.2, -0.15) is 0 Å². The average molecular weight is 307 g/mol. The van der Waals surface area contributed by atoms with Crippen molar-refractivity contribution in [1.82, 2.24) is 0 Å². The lowest BCUT2D eigenvalue weighted by molar-refractivity contribution is 0.0285. The fraction of sp³-hybridized carbons (Fsp3) is 1.00. The Balaban J connectivity index is 2.07. The summed E-state index contributed by atoms with van der Waals surface area (Å²) in [6.45, 7) is 7.54. The zero-order chi connectivity index (χ0) is 15.8. The second kappa shape index (κ2) is 9.33. The molecule has 0 heteroatoms. The molecule has 2 saturated carbocycles. The Morgan fingerprint density at radius 1 is 0.818 bits per heavy atom. The first-order valence-electron chi connectivity index (χ1n) is 10.7. The van der Waals surface area contributed by atoms with Crippen LogP contribution in [0.15, 0.2) is 0 Å². The lowest BCUT2D eigenvalue weighted by Crippen LogP contribution is -2.38. The second-order valence-corrected chi connectivity index (χ2v) is 8.82. The summed E-state index contributed by atoms with van der Waals surface area (Å²) < 4.78 is 0. The van der Waals surface area contributed by atoms with E-state index in [4.69, 9.17) is 0 Å². The fourth-order valence-corrected chi connectivity index (χ4v) is 5.93. The lowest BCUT2D eigenvalue weighted by atomic mass is 9.58. The van der Waals surface area contributed by atoms with Gasteiger partial charge in [-0.25, -0.2) is 0 Å². The van der Waals surface area contributed by atoms with Crippen LogP contribution in [0.3, 0.4) is 0 Å². The van der Waals surface area contributed by atoms with Gasteiger partial charge in [0.05, 0.1) is 0 Å². The zero-order valence-corrected chi connectivity index (χ0v) is 15.8. The van der Waals surface area contributed by atoms with E-state index in [1.807, 2.05) is 0 Å². The molecule has 0 bridgehead atoms. The first kappa shape index (κ1) is 18.3. The number of hydrogen-bond donors (Lipinski definition) is 0. The minimum absolute atomic E-state index is 0.641. The van der Waals surface area contributed by atoms with Crippen molar-refractivity contribution in [2.24, 2.45) is 23.2 Å². The molecule has 0 heterocycles. The van der Waals surface area contributed by atoms with Crippen LogP contribution in [0.2, 0.25) is 0 Å². The molecular formula is C22H42. The van der Waals surface area contributed by atoms with Crippen molar-refractivity contribution in [3.8, 4) is 0 Å². The monoisotopic (exact) mass is 306 g/mol. The van der Waals surface area contributed by atoms with E-state index < -0.39 is 0 Å². The molecule has 2 aliphatic carbocycles. The highest BCUT2D eigenvalue weighted by molar-refractivity contribution is 4.91. The largest absolute Gasteiger partial charge is 0.0654 e. The van der Waals surface area contributed by atoms with Crippen molar-refractivity contribution < 1.29 is 0 Å². The van der Waals surface area contributed by atoms with Crippen molar-refractivity contribution in [2.75, 3.05) is 0 Å². The van der Waals surface area contributed by atoms with Crippen molar-refractivity contribution in [3.63, 3.8) is 0 Å². The Labute approximate surface area is 140 Å². The van der Waals surface area contributed by atoms with Gasteiger partial charge < -0.3 is 0 Å². The van der Waals surface area contributed by atoms with Crippen molar-refractivity contribution in [1.29, 1.82) is 0 Å². The first-order chi connectivity index (χ1) is 10.7. The van der Waals surface area contributed by atoms with Gasteiger partial charge in [0.25, 0.3) is 0 Å². The highest BCUT2D eigenvalue weighted by atomic mass is 14.5. The molecule has 0 aromatic rings. The van der Waals surface area contributed by atoms with Gasteiger partial charge in [-0.15, -0.1) is 0 Å². The van der Waals surface area contributed by atoms with Gasteiger partial charge >= 0.3 is 0 Å². The third kappa shape index (κ3) is 4.75. The molecule has 2 fully saturated rings. The summed E-state index contributed by atoms with van der Waals surface area (Å²) in [6.07, 6.45) is 22.5. The maximum absolute atomic E-state index is 2.70. The van der Waals surface area contributed by atoms with Gasteiger partial charge in [-0.05, 0) is 48.9 Å². The second-order valence-electron chi connectivity index (χ2n) is 8.82. The molecule has 2 unspecified atom stereocenters. The maximum atomic E-state index is 2.70. The van der Waals surface area contributed by atoms with Crippen LogP contribution in [0.5, 0.6) is 0 Å². The fourth-order valence-electron chi connectivity index (χ4n) is 5.93. The normalized spacial score (nSPS) is 25.8. The lowest BCUT2D eigenvalue weighted by Gasteiger charge is -2.47. The predicted octanol–water partition coefficient (Wildman–Crippen LogP) is 7.76. The molecule has 0 saturated heterocycles. The van der Waals surface area contributed by atoms with E-state index in [9.17, 15) is 0 Å². The summed E-state index contributed by atoms with van der Waals surface area (Å²) in [5.74, 6) is 3.09. The molecule has 2 atom stereocenters. The molecule has 2 rings (SSSR count). The molecule has 0 aromatic carbocycles. The van der Waals surface area contributed by atoms with E-state index in [0.29, 0.717) is 5.41 Å². The quantitative estimate of drug-likeness (QED) is 0.430. The van der Waals surface area contributed by atoms with E-state index >= 15 is 0 Å². The maximum Gasteiger partial charge on any atom is -0.0269 e. The zero-order valence-electron chi connectivity index (χ0n) is 15.8. The van der Waals surface area contributed by atoms with E-state index in [2.05, 4.69) is 20.8 Å². The Hall–Kier alpha value is 0. The molecule has 0 N–H and O–H groups in total. The standard InChI is InChI=1S/C22H42/c1-4-12-21(18-19-13-8-6-9-14-19)22(3,17-5-2)20-15-10-7-11-16-20/h19-21H,4-18H2,1-3H3. The minimum Gasteiger partial charge on any atom is -0.0654 e. The summed E-state index contributed by atoms with van der Waals surface area (Å²) in [5.41, 5.74) is 0.641. The molecule has 0 nitrogen and oxygen atoms in total. The third-order valence-corrected chi connectivity index (χ3v) is 7.24. The van der Waals surface area contributed by atoms with E-state index in [1.165, 1.54) is 89.9 Å². The topological polar surface area (TPSA) is 0 Å². The molecule has 0 aromatic heterocycles. The molecule has 22 heavy (non-hydrogen) atoms. The molecule has 0 aliphatic heterocycles. The summed E-state index contributed by atoms with van der Waals surface area (Å²) in [7, 11) is 0. The van der Waals surface area contributed by atoms with Crippen molar-refractivity contribution in [3.05, 3.63) is 0 Å². The Kier molecular flexibility index (Phi) is 7.78. The van der Waals surface area contributed by atoms with Gasteiger partial charge in [0.2, 0.25) is 0 Å². The van der Waals surface area contributed by atoms with Crippen LogP contribution < -0.4 is 0 Å². The molecular weight excluding hydrogens is 264 g/mol. The number of rotatable bonds is 8. The molecule has 2 aliphatic rings. The molecule has 0 spiro atoms. The van der Waals surface area contributed by atoms with E-state index in [0.717, 1.165) is 17.8 Å². The minimum atomic E-state index is 0.641. The van der Waals surface area contributed by atoms with E-state index in [1.54, 1.807) is 6.42 Å². The average Bonchev–Trinajstić information content (AvgIpc) is 2.56. The molecule has 0 amide bonds. The summed E-state index contributed by atoms with van der Waals surface area (Å²) in [6, 6.07) is 0. The van der Waals surface area contributed by atoms with Crippen LogP contribution in [-0.2, 0) is 0 Å². The Morgan fingerprint density at radius 3 is 1.95 bits per heavy atom. The van der Waals surface area contributed by atoms with Crippen LogP contribution in [0.25, 0.3) is 0 Å².